The fraction of sp³-hybridized carbons (Fsp3) is 0.577. The van der Waals surface area contributed by atoms with E-state index in [0.717, 1.165) is 32.1 Å². The lowest BCUT2D eigenvalue weighted by Gasteiger charge is -2.45. The summed E-state index contributed by atoms with van der Waals surface area (Å²) in [6.45, 7) is 1.63. The predicted molar refractivity (Wildman–Crippen MR) is 128 cm³/mol. The number of carbonyl (C=O) groups excluding carboxylic acids is 3. The molecule has 3 aliphatic rings. The van der Waals surface area contributed by atoms with Crippen molar-refractivity contribution in [3.05, 3.63) is 34.9 Å². The molecule has 2 aliphatic carbocycles. The van der Waals surface area contributed by atoms with Gasteiger partial charge in [-0.1, -0.05) is 26.2 Å². The first-order valence-electron chi connectivity index (χ1n) is 12.4. The van der Waals surface area contributed by atoms with Gasteiger partial charge in [0.05, 0.1) is 25.7 Å². The lowest BCUT2D eigenvalue weighted by atomic mass is 9.76. The molecule has 1 saturated carbocycles. The number of rotatable bonds is 8. The molecule has 4 atom stereocenters. The van der Waals surface area contributed by atoms with Crippen LogP contribution in [0.15, 0.2) is 23.8 Å². The van der Waals surface area contributed by atoms with E-state index in [0.29, 0.717) is 34.5 Å². The number of benzene rings is 1. The Hall–Kier alpha value is -2.91. The van der Waals surface area contributed by atoms with E-state index in [-0.39, 0.29) is 31.5 Å². The third-order valence-corrected chi connectivity index (χ3v) is 7.29. The number of aldehydes is 1. The molecule has 0 radical (unpaired) electrons. The SMILES string of the molecule is CCC(=O)N(C1CCCCC1)[C@@H]1C=C(C(=O)NCCO)[C@@H]2c3cc(C=O)cc(OC)c3O[C@@H]2[C@H]1O. The number of carbonyl (C=O) groups is 3. The van der Waals surface area contributed by atoms with Crippen LogP contribution in [0, 0.1) is 0 Å². The average Bonchev–Trinajstić information content (AvgIpc) is 3.28. The molecule has 2 amide bonds. The summed E-state index contributed by atoms with van der Waals surface area (Å²) in [5.41, 5.74) is 1.28. The smallest absolute Gasteiger partial charge is 0.247 e. The highest BCUT2D eigenvalue weighted by Gasteiger charge is 2.52. The van der Waals surface area contributed by atoms with Crippen LogP contribution in [-0.2, 0) is 9.59 Å². The number of hydrogen-bond acceptors (Lipinski definition) is 7. The maximum Gasteiger partial charge on any atom is 0.247 e. The fourth-order valence-electron chi connectivity index (χ4n) is 5.68. The molecule has 1 aliphatic heterocycles. The zero-order chi connectivity index (χ0) is 25.1. The Balaban J connectivity index is 1.82. The number of ether oxygens (including phenoxy) is 2. The standard InChI is InChI=1S/C26H34N2O7/c1-3-21(31)28(16-7-5-4-6-8-16)19-13-18(26(33)27-9-10-29)22-17-11-15(14-30)12-20(34-2)24(17)35-25(22)23(19)32/h11-14,16,19,22-23,25,29,32H,3-10H2,1-2H3,(H,27,33)/t19-,22+,23+,25+/m1/s1. The molecule has 1 heterocycles. The van der Waals surface area contributed by atoms with Gasteiger partial charge in [0.25, 0.3) is 0 Å². The van der Waals surface area contributed by atoms with Crippen molar-refractivity contribution in [1.29, 1.82) is 0 Å². The van der Waals surface area contributed by atoms with E-state index in [1.807, 2.05) is 0 Å². The Morgan fingerprint density at radius 1 is 1.26 bits per heavy atom. The van der Waals surface area contributed by atoms with Crippen molar-refractivity contribution >= 4 is 18.1 Å². The largest absolute Gasteiger partial charge is 0.493 e. The van der Waals surface area contributed by atoms with E-state index in [1.165, 1.54) is 7.11 Å². The van der Waals surface area contributed by atoms with Gasteiger partial charge >= 0.3 is 0 Å². The number of nitrogens with one attached hydrogen (secondary N) is 1. The Morgan fingerprint density at radius 3 is 2.63 bits per heavy atom. The number of methoxy groups -OCH3 is 1. The lowest BCUT2D eigenvalue weighted by molar-refractivity contribution is -0.141. The first-order chi connectivity index (χ1) is 16.9. The van der Waals surface area contributed by atoms with Crippen molar-refractivity contribution < 1.29 is 34.1 Å². The highest BCUT2D eigenvalue weighted by molar-refractivity contribution is 5.96. The first-order valence-corrected chi connectivity index (χ1v) is 12.4. The third-order valence-electron chi connectivity index (χ3n) is 7.29. The van der Waals surface area contributed by atoms with Gasteiger partial charge < -0.3 is 29.9 Å². The van der Waals surface area contributed by atoms with Crippen LogP contribution in [0.1, 0.15) is 67.3 Å². The van der Waals surface area contributed by atoms with Crippen LogP contribution in [0.5, 0.6) is 11.5 Å². The molecule has 0 spiro atoms. The van der Waals surface area contributed by atoms with Crippen LogP contribution in [0.3, 0.4) is 0 Å². The summed E-state index contributed by atoms with van der Waals surface area (Å²) in [4.78, 5) is 39.7. The second-order valence-electron chi connectivity index (χ2n) is 9.35. The highest BCUT2D eigenvalue weighted by atomic mass is 16.5. The number of aliphatic hydroxyl groups is 2. The van der Waals surface area contributed by atoms with Gasteiger partial charge in [-0.2, -0.15) is 0 Å². The summed E-state index contributed by atoms with van der Waals surface area (Å²) in [5, 5.41) is 23.5. The van der Waals surface area contributed by atoms with Gasteiger partial charge in [0, 0.05) is 35.7 Å². The summed E-state index contributed by atoms with van der Waals surface area (Å²) >= 11 is 0. The molecule has 0 aromatic heterocycles. The fourth-order valence-corrected chi connectivity index (χ4v) is 5.68. The van der Waals surface area contributed by atoms with Crippen molar-refractivity contribution in [2.45, 2.75) is 75.7 Å². The minimum absolute atomic E-state index is 0.0228. The Kier molecular flexibility index (Phi) is 7.76. The van der Waals surface area contributed by atoms with E-state index in [4.69, 9.17) is 9.47 Å². The van der Waals surface area contributed by atoms with E-state index < -0.39 is 30.1 Å². The molecule has 1 aromatic rings. The van der Waals surface area contributed by atoms with Gasteiger partial charge in [0.1, 0.15) is 18.5 Å². The molecular formula is C26H34N2O7. The van der Waals surface area contributed by atoms with Gasteiger partial charge in [-0.3, -0.25) is 14.4 Å². The van der Waals surface area contributed by atoms with E-state index >= 15 is 0 Å². The molecule has 35 heavy (non-hydrogen) atoms. The molecule has 0 saturated heterocycles. The molecule has 9 nitrogen and oxygen atoms in total. The second kappa shape index (κ2) is 10.8. The molecule has 4 rings (SSSR count). The summed E-state index contributed by atoms with van der Waals surface area (Å²) < 4.78 is 11.7. The number of aliphatic hydroxyl groups excluding tert-OH is 2. The van der Waals surface area contributed by atoms with Crippen molar-refractivity contribution in [3.8, 4) is 11.5 Å². The maximum atomic E-state index is 13.3. The second-order valence-corrected chi connectivity index (χ2v) is 9.35. The summed E-state index contributed by atoms with van der Waals surface area (Å²) in [6.07, 6.45) is 5.54. The Bertz CT molecular complexity index is 1000. The molecule has 1 aromatic carbocycles. The minimum Gasteiger partial charge on any atom is -0.493 e. The van der Waals surface area contributed by atoms with Crippen molar-refractivity contribution in [3.63, 3.8) is 0 Å². The van der Waals surface area contributed by atoms with E-state index in [2.05, 4.69) is 5.32 Å². The van der Waals surface area contributed by atoms with Gasteiger partial charge in [0.2, 0.25) is 11.8 Å². The van der Waals surface area contributed by atoms with Crippen LogP contribution in [-0.4, -0.2) is 77.8 Å². The topological polar surface area (TPSA) is 125 Å². The first kappa shape index (κ1) is 25.2. The average molecular weight is 487 g/mol. The zero-order valence-electron chi connectivity index (χ0n) is 20.2. The molecular weight excluding hydrogens is 452 g/mol. The minimum atomic E-state index is -1.09. The molecule has 0 bridgehead atoms. The van der Waals surface area contributed by atoms with Crippen LogP contribution < -0.4 is 14.8 Å². The summed E-state index contributed by atoms with van der Waals surface area (Å²) in [7, 11) is 1.46. The molecule has 0 unspecified atom stereocenters. The maximum absolute atomic E-state index is 13.3. The van der Waals surface area contributed by atoms with Crippen LogP contribution in [0.25, 0.3) is 0 Å². The van der Waals surface area contributed by atoms with Gasteiger partial charge in [0.15, 0.2) is 11.5 Å². The molecule has 190 valence electrons. The van der Waals surface area contributed by atoms with Gasteiger partial charge in [-0.05, 0) is 31.1 Å². The highest BCUT2D eigenvalue weighted by Crippen LogP contribution is 2.51. The summed E-state index contributed by atoms with van der Waals surface area (Å²) in [6, 6.07) is 2.43. The van der Waals surface area contributed by atoms with Gasteiger partial charge in [-0.25, -0.2) is 0 Å². The number of amides is 2. The van der Waals surface area contributed by atoms with E-state index in [9.17, 15) is 24.6 Å². The lowest BCUT2D eigenvalue weighted by Crippen LogP contribution is -2.58. The monoisotopic (exact) mass is 486 g/mol. The van der Waals surface area contributed by atoms with E-state index in [1.54, 1.807) is 30.0 Å². The van der Waals surface area contributed by atoms with Crippen molar-refractivity contribution in [2.24, 2.45) is 0 Å². The summed E-state index contributed by atoms with van der Waals surface area (Å²) in [5.74, 6) is -0.437. The van der Waals surface area contributed by atoms with Crippen LogP contribution in [0.4, 0.5) is 0 Å². The van der Waals surface area contributed by atoms with Crippen LogP contribution >= 0.6 is 0 Å². The number of fused-ring (bicyclic) bond motifs is 3. The quantitative estimate of drug-likeness (QED) is 0.478. The normalized spacial score (nSPS) is 25.5. The Labute approximate surface area is 205 Å². The van der Waals surface area contributed by atoms with Crippen molar-refractivity contribution in [1.82, 2.24) is 10.2 Å². The van der Waals surface area contributed by atoms with Crippen molar-refractivity contribution in [2.75, 3.05) is 20.3 Å². The molecule has 9 heteroatoms. The molecule has 3 N–H and O–H groups in total. The third kappa shape index (κ3) is 4.67. The number of hydrogen-bond donors (Lipinski definition) is 3. The van der Waals surface area contributed by atoms with Gasteiger partial charge in [-0.15, -0.1) is 0 Å². The number of nitrogens with zero attached hydrogens (tertiary/aromatic N) is 1. The van der Waals surface area contributed by atoms with Crippen LogP contribution in [0.2, 0.25) is 0 Å². The Morgan fingerprint density at radius 2 is 2.00 bits per heavy atom. The zero-order valence-corrected chi connectivity index (χ0v) is 20.2. The predicted octanol–water partition coefficient (Wildman–Crippen LogP) is 1.70. The molecule has 1 fully saturated rings.